The summed E-state index contributed by atoms with van der Waals surface area (Å²) in [5.41, 5.74) is 1.68. The van der Waals surface area contributed by atoms with Crippen LogP contribution in [0.5, 0.6) is 5.75 Å². The second kappa shape index (κ2) is 8.17. The molecule has 8 heteroatoms. The number of carbonyl (C=O) groups is 2. The summed E-state index contributed by atoms with van der Waals surface area (Å²) >= 11 is 7.59. The molecular formula is C18H10BrI2NO4. The molecule has 0 bridgehead atoms. The van der Waals surface area contributed by atoms with Crippen molar-refractivity contribution in [3.05, 3.63) is 64.8 Å². The third-order valence-corrected chi connectivity index (χ3v) is 5.59. The van der Waals surface area contributed by atoms with Gasteiger partial charge in [0.05, 0.1) is 12.7 Å². The number of benzene rings is 2. The first-order chi connectivity index (χ1) is 12.3. The summed E-state index contributed by atoms with van der Waals surface area (Å²) in [5.74, 6) is -0.124. The van der Waals surface area contributed by atoms with Crippen molar-refractivity contribution in [3.8, 4) is 5.75 Å². The summed E-state index contributed by atoms with van der Waals surface area (Å²) in [5, 5.41) is 0. The quantitative estimate of drug-likeness (QED) is 0.207. The van der Waals surface area contributed by atoms with Gasteiger partial charge < -0.3 is 9.47 Å². The number of rotatable bonds is 3. The van der Waals surface area contributed by atoms with E-state index in [0.29, 0.717) is 11.3 Å². The Morgan fingerprint density at radius 1 is 1.23 bits per heavy atom. The molecule has 2 aromatic rings. The Morgan fingerprint density at radius 2 is 1.88 bits per heavy atom. The van der Waals surface area contributed by atoms with Crippen molar-refractivity contribution in [2.75, 3.05) is 0 Å². The molecule has 0 amide bonds. The van der Waals surface area contributed by atoms with Gasteiger partial charge in [0, 0.05) is 11.4 Å². The van der Waals surface area contributed by atoms with Crippen LogP contribution in [0.2, 0.25) is 0 Å². The van der Waals surface area contributed by atoms with E-state index in [1.54, 1.807) is 6.08 Å². The van der Waals surface area contributed by atoms with Crippen LogP contribution in [-0.4, -0.2) is 17.8 Å². The Bertz CT molecular complexity index is 962. The molecule has 0 saturated heterocycles. The van der Waals surface area contributed by atoms with Crippen molar-refractivity contribution in [2.24, 2.45) is 4.99 Å². The molecule has 0 radical (unpaired) electrons. The maximum absolute atomic E-state index is 12.2. The molecule has 0 spiro atoms. The molecule has 132 valence electrons. The van der Waals surface area contributed by atoms with Crippen molar-refractivity contribution < 1.29 is 19.1 Å². The van der Waals surface area contributed by atoms with Crippen LogP contribution in [0.1, 0.15) is 18.1 Å². The second-order valence-corrected chi connectivity index (χ2v) is 8.40. The predicted molar refractivity (Wildman–Crippen MR) is 118 cm³/mol. The molecule has 1 aliphatic rings. The summed E-state index contributed by atoms with van der Waals surface area (Å²) in [6, 6.07) is 11.0. The van der Waals surface area contributed by atoms with E-state index in [4.69, 9.17) is 9.47 Å². The van der Waals surface area contributed by atoms with Crippen LogP contribution in [0.15, 0.2) is 51.6 Å². The Balaban J connectivity index is 1.96. The number of aliphatic imine (C=N–C) groups is 1. The average Bonchev–Trinajstić information content (AvgIpc) is 2.92. The number of hydrogen-bond acceptors (Lipinski definition) is 5. The van der Waals surface area contributed by atoms with Gasteiger partial charge in [-0.15, -0.1) is 0 Å². The van der Waals surface area contributed by atoms with E-state index < -0.39 is 5.97 Å². The molecule has 5 nitrogen and oxygen atoms in total. The van der Waals surface area contributed by atoms with Crippen molar-refractivity contribution in [3.63, 3.8) is 0 Å². The topological polar surface area (TPSA) is 65.0 Å². The van der Waals surface area contributed by atoms with Crippen LogP contribution in [0.4, 0.5) is 0 Å². The molecular weight excluding hydrogens is 628 g/mol. The first kappa shape index (κ1) is 19.5. The SMILES string of the molecule is CC(=O)Oc1c(I)cc(/C=C2\N=C(c3ccccc3Br)OC2=O)cc1I. The fraction of sp³-hybridized carbons (Fsp3) is 0.0556. The summed E-state index contributed by atoms with van der Waals surface area (Å²) in [4.78, 5) is 27.7. The van der Waals surface area contributed by atoms with Crippen LogP contribution < -0.4 is 4.74 Å². The zero-order valence-corrected chi connectivity index (χ0v) is 19.2. The van der Waals surface area contributed by atoms with Gasteiger partial charge in [0.25, 0.3) is 0 Å². The third-order valence-electron chi connectivity index (χ3n) is 3.29. The van der Waals surface area contributed by atoms with E-state index in [2.05, 4.69) is 66.1 Å². The Morgan fingerprint density at radius 3 is 2.50 bits per heavy atom. The van der Waals surface area contributed by atoms with E-state index in [9.17, 15) is 9.59 Å². The fourth-order valence-electron chi connectivity index (χ4n) is 2.22. The molecule has 26 heavy (non-hydrogen) atoms. The number of nitrogens with zero attached hydrogens (tertiary/aromatic N) is 1. The van der Waals surface area contributed by atoms with Crippen LogP contribution in [0, 0.1) is 7.14 Å². The lowest BCUT2D eigenvalue weighted by Gasteiger charge is -2.08. The van der Waals surface area contributed by atoms with Gasteiger partial charge in [0.1, 0.15) is 0 Å². The fourth-order valence-corrected chi connectivity index (χ4v) is 4.71. The molecule has 1 heterocycles. The van der Waals surface area contributed by atoms with Crippen LogP contribution in [0.3, 0.4) is 0 Å². The third kappa shape index (κ3) is 4.34. The van der Waals surface area contributed by atoms with E-state index in [-0.39, 0.29) is 17.6 Å². The number of ether oxygens (including phenoxy) is 2. The molecule has 0 unspecified atom stereocenters. The molecule has 1 aliphatic heterocycles. The lowest BCUT2D eigenvalue weighted by atomic mass is 10.2. The van der Waals surface area contributed by atoms with Crippen LogP contribution >= 0.6 is 61.1 Å². The van der Waals surface area contributed by atoms with Crippen molar-refractivity contribution in [1.82, 2.24) is 0 Å². The van der Waals surface area contributed by atoms with Crippen molar-refractivity contribution in [2.45, 2.75) is 6.92 Å². The summed E-state index contributed by atoms with van der Waals surface area (Å²) < 4.78 is 12.8. The Labute approximate surface area is 185 Å². The molecule has 0 aliphatic carbocycles. The first-order valence-corrected chi connectivity index (χ1v) is 10.2. The van der Waals surface area contributed by atoms with E-state index in [0.717, 1.165) is 17.2 Å². The van der Waals surface area contributed by atoms with Gasteiger partial charge in [0.15, 0.2) is 11.4 Å². The van der Waals surface area contributed by atoms with Crippen molar-refractivity contribution in [1.29, 1.82) is 0 Å². The highest BCUT2D eigenvalue weighted by Gasteiger charge is 2.25. The summed E-state index contributed by atoms with van der Waals surface area (Å²) in [6.07, 6.45) is 1.65. The van der Waals surface area contributed by atoms with Gasteiger partial charge in [-0.05, 0) is 97.0 Å². The monoisotopic (exact) mass is 637 g/mol. The van der Waals surface area contributed by atoms with Gasteiger partial charge >= 0.3 is 11.9 Å². The van der Waals surface area contributed by atoms with Gasteiger partial charge in [0.2, 0.25) is 5.90 Å². The van der Waals surface area contributed by atoms with Gasteiger partial charge in [-0.3, -0.25) is 4.79 Å². The van der Waals surface area contributed by atoms with Gasteiger partial charge in [-0.2, -0.15) is 0 Å². The highest BCUT2D eigenvalue weighted by Crippen LogP contribution is 2.31. The lowest BCUT2D eigenvalue weighted by Crippen LogP contribution is -2.06. The average molecular weight is 638 g/mol. The van der Waals surface area contributed by atoms with Gasteiger partial charge in [-0.25, -0.2) is 9.79 Å². The minimum Gasteiger partial charge on any atom is -0.424 e. The molecule has 3 rings (SSSR count). The number of hydrogen-bond donors (Lipinski definition) is 0. The maximum Gasteiger partial charge on any atom is 0.363 e. The highest BCUT2D eigenvalue weighted by molar-refractivity contribution is 14.1. The van der Waals surface area contributed by atoms with E-state index in [1.807, 2.05) is 36.4 Å². The number of carbonyl (C=O) groups excluding carboxylic acids is 2. The van der Waals surface area contributed by atoms with E-state index >= 15 is 0 Å². The first-order valence-electron chi connectivity index (χ1n) is 7.30. The smallest absolute Gasteiger partial charge is 0.363 e. The molecule has 0 N–H and O–H groups in total. The maximum atomic E-state index is 12.2. The largest absolute Gasteiger partial charge is 0.424 e. The summed E-state index contributed by atoms with van der Waals surface area (Å²) in [6.45, 7) is 1.36. The standard InChI is InChI=1S/C18H10BrI2NO4/c1-9(23)25-16-13(20)6-10(7-14(16)21)8-15-18(24)26-17(22-15)11-4-2-3-5-12(11)19/h2-8H,1H3/b15-8-. The second-order valence-electron chi connectivity index (χ2n) is 5.22. The van der Waals surface area contributed by atoms with Crippen LogP contribution in [0.25, 0.3) is 6.08 Å². The van der Waals surface area contributed by atoms with E-state index in [1.165, 1.54) is 6.92 Å². The number of esters is 2. The minimum absolute atomic E-state index is 0.211. The Hall–Kier alpha value is -1.27. The number of halogens is 3. The normalized spacial score (nSPS) is 15.0. The van der Waals surface area contributed by atoms with Crippen molar-refractivity contribution >= 4 is 85.0 Å². The Kier molecular flexibility index (Phi) is 6.13. The molecule has 0 aromatic heterocycles. The summed E-state index contributed by atoms with van der Waals surface area (Å²) in [7, 11) is 0. The lowest BCUT2D eigenvalue weighted by molar-refractivity contribution is -0.132. The molecule has 0 atom stereocenters. The zero-order chi connectivity index (χ0) is 18.8. The minimum atomic E-state index is -0.509. The zero-order valence-electron chi connectivity index (χ0n) is 13.3. The van der Waals surface area contributed by atoms with Crippen LogP contribution in [-0.2, 0) is 14.3 Å². The highest BCUT2D eigenvalue weighted by atomic mass is 127. The number of cyclic esters (lactones) is 1. The predicted octanol–water partition coefficient (Wildman–Crippen LogP) is 4.93. The molecule has 2 aromatic carbocycles. The van der Waals surface area contributed by atoms with Gasteiger partial charge in [-0.1, -0.05) is 12.1 Å². The molecule has 0 saturated carbocycles. The molecule has 0 fully saturated rings.